The summed E-state index contributed by atoms with van der Waals surface area (Å²) in [5.41, 5.74) is 0. The summed E-state index contributed by atoms with van der Waals surface area (Å²) in [6, 6.07) is 0.355. The predicted octanol–water partition coefficient (Wildman–Crippen LogP) is 1.88. The Bertz CT molecular complexity index is 154. The molecule has 3 heteroatoms. The van der Waals surface area contributed by atoms with E-state index in [1.807, 2.05) is 11.8 Å². The minimum atomic E-state index is -0.106. The average Bonchev–Trinajstić information content (AvgIpc) is 2.17. The number of aliphatic hydroxyl groups excluding tert-OH is 1. The Morgan fingerprint density at radius 2 is 2.14 bits per heavy atom. The summed E-state index contributed by atoms with van der Waals surface area (Å²) in [6.45, 7) is 3.31. The molecule has 0 spiro atoms. The fraction of sp³-hybridized carbons (Fsp3) is 1.00. The van der Waals surface area contributed by atoms with Crippen molar-refractivity contribution in [1.82, 2.24) is 5.32 Å². The van der Waals surface area contributed by atoms with Gasteiger partial charge < -0.3 is 10.4 Å². The molecule has 0 amide bonds. The second-order valence-corrected chi connectivity index (χ2v) is 5.34. The summed E-state index contributed by atoms with van der Waals surface area (Å²) < 4.78 is 0. The van der Waals surface area contributed by atoms with Crippen molar-refractivity contribution >= 4 is 11.8 Å². The van der Waals surface area contributed by atoms with E-state index >= 15 is 0 Å². The van der Waals surface area contributed by atoms with Crippen molar-refractivity contribution in [3.63, 3.8) is 0 Å². The lowest BCUT2D eigenvalue weighted by Crippen LogP contribution is -2.43. The lowest BCUT2D eigenvalue weighted by Gasteiger charge is -2.29. The van der Waals surface area contributed by atoms with Gasteiger partial charge in [-0.05, 0) is 37.3 Å². The van der Waals surface area contributed by atoms with E-state index in [1.165, 1.54) is 18.6 Å². The Hall–Kier alpha value is 0.270. The van der Waals surface area contributed by atoms with Crippen LogP contribution in [0.3, 0.4) is 0 Å². The number of hydrogen-bond acceptors (Lipinski definition) is 3. The maximum atomic E-state index is 9.74. The molecule has 0 heterocycles. The molecule has 2 nitrogen and oxygen atoms in total. The Morgan fingerprint density at radius 3 is 2.79 bits per heavy atom. The first-order valence-corrected chi connectivity index (χ1v) is 7.03. The molecule has 84 valence electrons. The van der Waals surface area contributed by atoms with Crippen molar-refractivity contribution in [1.29, 1.82) is 0 Å². The van der Waals surface area contributed by atoms with Crippen LogP contribution in [0, 0.1) is 5.92 Å². The third-order valence-electron chi connectivity index (χ3n) is 2.91. The average molecular weight is 217 g/mol. The molecule has 0 aromatic rings. The van der Waals surface area contributed by atoms with Crippen LogP contribution in [0.5, 0.6) is 0 Å². The van der Waals surface area contributed by atoms with Crippen LogP contribution >= 0.6 is 11.8 Å². The van der Waals surface area contributed by atoms with Crippen LogP contribution in [-0.2, 0) is 0 Å². The number of thioether (sulfide) groups is 1. The molecule has 1 aliphatic rings. The van der Waals surface area contributed by atoms with Crippen LogP contribution in [0.2, 0.25) is 0 Å². The predicted molar refractivity (Wildman–Crippen MR) is 63.8 cm³/mol. The number of hydrogen-bond donors (Lipinski definition) is 2. The van der Waals surface area contributed by atoms with E-state index in [1.54, 1.807) is 0 Å². The van der Waals surface area contributed by atoms with Gasteiger partial charge >= 0.3 is 0 Å². The monoisotopic (exact) mass is 217 g/mol. The molecule has 1 fully saturated rings. The summed E-state index contributed by atoms with van der Waals surface area (Å²) in [6.07, 6.45) is 6.63. The van der Waals surface area contributed by atoms with Crippen LogP contribution in [0.15, 0.2) is 0 Å². The molecule has 14 heavy (non-hydrogen) atoms. The largest absolute Gasteiger partial charge is 0.392 e. The number of nitrogens with one attached hydrogen (secondary N) is 1. The van der Waals surface area contributed by atoms with Gasteiger partial charge in [0.1, 0.15) is 0 Å². The van der Waals surface area contributed by atoms with Crippen LogP contribution in [-0.4, -0.2) is 35.8 Å². The van der Waals surface area contributed by atoms with Gasteiger partial charge in [-0.2, -0.15) is 11.8 Å². The second kappa shape index (κ2) is 6.70. The van der Waals surface area contributed by atoms with Crippen molar-refractivity contribution in [2.75, 3.05) is 18.6 Å². The zero-order chi connectivity index (χ0) is 10.4. The van der Waals surface area contributed by atoms with Gasteiger partial charge in [-0.25, -0.2) is 0 Å². The lowest BCUT2D eigenvalue weighted by atomic mass is 9.92. The zero-order valence-corrected chi connectivity index (χ0v) is 10.1. The minimum absolute atomic E-state index is 0.106. The van der Waals surface area contributed by atoms with Crippen molar-refractivity contribution in [2.24, 2.45) is 5.92 Å². The molecule has 0 aromatic carbocycles. The van der Waals surface area contributed by atoms with Gasteiger partial charge in [0.25, 0.3) is 0 Å². The first-order valence-electron chi connectivity index (χ1n) is 5.64. The highest BCUT2D eigenvalue weighted by molar-refractivity contribution is 7.98. The van der Waals surface area contributed by atoms with E-state index in [9.17, 15) is 5.11 Å². The fourth-order valence-corrected chi connectivity index (χ4v) is 2.73. The van der Waals surface area contributed by atoms with Crippen LogP contribution < -0.4 is 5.32 Å². The van der Waals surface area contributed by atoms with E-state index in [-0.39, 0.29) is 6.10 Å². The molecule has 1 unspecified atom stereocenters. The highest BCUT2D eigenvalue weighted by Gasteiger charge is 2.22. The summed E-state index contributed by atoms with van der Waals surface area (Å²) in [7, 11) is 0. The standard InChI is InChI=1S/C11H23NOS/c1-9(8-14-2)7-12-10-5-3-4-6-11(10)13/h9-13H,3-8H2,1-2H3/t9?,10-,11-/m0/s1. The third kappa shape index (κ3) is 4.20. The fourth-order valence-electron chi connectivity index (χ4n) is 2.05. The molecule has 0 saturated heterocycles. The van der Waals surface area contributed by atoms with E-state index in [4.69, 9.17) is 0 Å². The van der Waals surface area contributed by atoms with Gasteiger partial charge in [0, 0.05) is 6.04 Å². The molecule has 0 aromatic heterocycles. The first kappa shape index (κ1) is 12.3. The summed E-state index contributed by atoms with van der Waals surface area (Å²) >= 11 is 1.89. The normalized spacial score (nSPS) is 30.2. The molecule has 0 aliphatic heterocycles. The Labute approximate surface area is 91.9 Å². The zero-order valence-electron chi connectivity index (χ0n) is 9.33. The molecule has 0 radical (unpaired) electrons. The van der Waals surface area contributed by atoms with Gasteiger partial charge in [0.2, 0.25) is 0 Å². The summed E-state index contributed by atoms with van der Waals surface area (Å²) in [5.74, 6) is 1.91. The molecular weight excluding hydrogens is 194 g/mol. The molecule has 0 bridgehead atoms. The minimum Gasteiger partial charge on any atom is -0.392 e. The maximum absolute atomic E-state index is 9.74. The molecular formula is C11H23NOS. The highest BCUT2D eigenvalue weighted by Crippen LogP contribution is 2.18. The van der Waals surface area contributed by atoms with Crippen LogP contribution in [0.1, 0.15) is 32.6 Å². The van der Waals surface area contributed by atoms with Gasteiger partial charge in [-0.15, -0.1) is 0 Å². The van der Waals surface area contributed by atoms with Gasteiger partial charge in [0.15, 0.2) is 0 Å². The van der Waals surface area contributed by atoms with Crippen molar-refractivity contribution in [2.45, 2.75) is 44.8 Å². The third-order valence-corrected chi connectivity index (χ3v) is 3.81. The van der Waals surface area contributed by atoms with Crippen LogP contribution in [0.25, 0.3) is 0 Å². The Morgan fingerprint density at radius 1 is 1.43 bits per heavy atom. The Balaban J connectivity index is 2.15. The number of rotatable bonds is 5. The van der Waals surface area contributed by atoms with E-state index in [0.29, 0.717) is 12.0 Å². The summed E-state index contributed by atoms with van der Waals surface area (Å²) in [4.78, 5) is 0. The van der Waals surface area contributed by atoms with Crippen molar-refractivity contribution in [3.05, 3.63) is 0 Å². The summed E-state index contributed by atoms with van der Waals surface area (Å²) in [5, 5.41) is 13.2. The topological polar surface area (TPSA) is 32.3 Å². The van der Waals surface area contributed by atoms with E-state index in [0.717, 1.165) is 19.4 Å². The molecule has 1 saturated carbocycles. The highest BCUT2D eigenvalue weighted by atomic mass is 32.2. The van der Waals surface area contributed by atoms with Gasteiger partial charge in [-0.3, -0.25) is 0 Å². The number of aliphatic hydroxyl groups is 1. The molecule has 1 rings (SSSR count). The maximum Gasteiger partial charge on any atom is 0.0693 e. The first-order chi connectivity index (χ1) is 6.74. The Kier molecular flexibility index (Phi) is 5.90. The second-order valence-electron chi connectivity index (χ2n) is 4.43. The molecule has 2 N–H and O–H groups in total. The SMILES string of the molecule is CSCC(C)CN[C@H]1CCCC[C@@H]1O. The molecule has 1 aliphatic carbocycles. The quantitative estimate of drug-likeness (QED) is 0.737. The van der Waals surface area contributed by atoms with Gasteiger partial charge in [-0.1, -0.05) is 19.8 Å². The van der Waals surface area contributed by atoms with E-state index < -0.39 is 0 Å². The van der Waals surface area contributed by atoms with E-state index in [2.05, 4.69) is 18.5 Å². The van der Waals surface area contributed by atoms with Crippen LogP contribution in [0.4, 0.5) is 0 Å². The van der Waals surface area contributed by atoms with Gasteiger partial charge in [0.05, 0.1) is 6.10 Å². The van der Waals surface area contributed by atoms with Crippen molar-refractivity contribution in [3.8, 4) is 0 Å². The lowest BCUT2D eigenvalue weighted by molar-refractivity contribution is 0.0897. The molecule has 3 atom stereocenters. The smallest absolute Gasteiger partial charge is 0.0693 e. The van der Waals surface area contributed by atoms with Crippen molar-refractivity contribution < 1.29 is 5.11 Å².